The molecular formula is C20H18FIN5O2-. The fourth-order valence-electron chi connectivity index (χ4n) is 2.93. The van der Waals surface area contributed by atoms with E-state index in [-0.39, 0.29) is 11.9 Å². The van der Waals surface area contributed by atoms with Crippen molar-refractivity contribution >= 4 is 22.6 Å². The Labute approximate surface area is 177 Å². The Morgan fingerprint density at radius 1 is 1.21 bits per heavy atom. The van der Waals surface area contributed by atoms with Gasteiger partial charge in [-0.1, -0.05) is 0 Å². The maximum atomic E-state index is 13.3. The SMILES string of the molecule is COc1cc(-c2ccc(F)cn2)cc2c(N[C@@H](C)C3=C[I-]OC(C)=N3)ncnc12. The van der Waals surface area contributed by atoms with Gasteiger partial charge in [-0.15, -0.1) is 0 Å². The molecule has 0 fully saturated rings. The van der Waals surface area contributed by atoms with E-state index in [1.54, 1.807) is 13.2 Å². The molecule has 0 unspecified atom stereocenters. The fourth-order valence-corrected chi connectivity index (χ4v) is 4.46. The molecule has 2 aromatic heterocycles. The second-order valence-electron chi connectivity index (χ2n) is 6.36. The van der Waals surface area contributed by atoms with E-state index in [4.69, 9.17) is 7.80 Å². The van der Waals surface area contributed by atoms with Gasteiger partial charge in [-0.05, 0) is 0 Å². The number of hydrogen-bond acceptors (Lipinski definition) is 7. The molecule has 0 spiro atoms. The predicted octanol–water partition coefficient (Wildman–Crippen LogP) is 0.934. The van der Waals surface area contributed by atoms with Crippen molar-refractivity contribution in [1.82, 2.24) is 15.0 Å². The van der Waals surface area contributed by atoms with Crippen molar-refractivity contribution in [3.63, 3.8) is 0 Å². The Balaban J connectivity index is 1.77. The molecule has 1 aliphatic rings. The fraction of sp³-hybridized carbons (Fsp3) is 0.200. The number of rotatable bonds is 5. The Kier molecular flexibility index (Phi) is 5.56. The first kappa shape index (κ1) is 19.5. The van der Waals surface area contributed by atoms with Crippen molar-refractivity contribution in [2.24, 2.45) is 4.99 Å². The van der Waals surface area contributed by atoms with E-state index in [9.17, 15) is 4.39 Å². The Morgan fingerprint density at radius 3 is 2.79 bits per heavy atom. The van der Waals surface area contributed by atoms with Crippen LogP contribution in [-0.4, -0.2) is 34.0 Å². The number of pyridine rings is 1. The van der Waals surface area contributed by atoms with Crippen molar-refractivity contribution in [3.05, 3.63) is 52.4 Å². The Morgan fingerprint density at radius 2 is 2.07 bits per heavy atom. The number of aromatic nitrogens is 3. The number of nitrogens with one attached hydrogen (secondary N) is 1. The van der Waals surface area contributed by atoms with Gasteiger partial charge in [-0.3, -0.25) is 0 Å². The summed E-state index contributed by atoms with van der Waals surface area (Å²) in [4.78, 5) is 17.5. The number of hydrogen-bond donors (Lipinski definition) is 1. The molecule has 1 aliphatic heterocycles. The first-order chi connectivity index (χ1) is 14.0. The Hall–Kier alpha value is -2.82. The number of anilines is 1. The molecule has 0 aliphatic carbocycles. The molecule has 29 heavy (non-hydrogen) atoms. The second-order valence-corrected chi connectivity index (χ2v) is 7.93. The van der Waals surface area contributed by atoms with E-state index in [1.165, 1.54) is 18.6 Å². The van der Waals surface area contributed by atoms with Gasteiger partial charge in [0.15, 0.2) is 0 Å². The number of nitrogens with zero attached hydrogens (tertiary/aromatic N) is 4. The van der Waals surface area contributed by atoms with Gasteiger partial charge in [0, 0.05) is 0 Å². The summed E-state index contributed by atoms with van der Waals surface area (Å²) in [6, 6.07) is 6.70. The third kappa shape index (κ3) is 4.14. The standard InChI is InChI=1S/C20H18FIN5O2/c1-11(17-8-22-29-12(2)27-17)26-20-15-6-13(16-5-4-14(21)9-23-16)7-18(28-3)19(15)24-10-25-20/h4-11H,1-3H3,(H,24,25,26)/q-1/t11-/m0/s1. The molecule has 150 valence electrons. The van der Waals surface area contributed by atoms with Crippen LogP contribution >= 0.6 is 0 Å². The summed E-state index contributed by atoms with van der Waals surface area (Å²) in [5, 5.41) is 4.19. The predicted molar refractivity (Wildman–Crippen MR) is 105 cm³/mol. The third-order valence-corrected chi connectivity index (χ3v) is 6.13. The zero-order valence-corrected chi connectivity index (χ0v) is 18.1. The van der Waals surface area contributed by atoms with Crippen LogP contribution in [-0.2, 0) is 3.07 Å². The van der Waals surface area contributed by atoms with E-state index in [0.717, 1.165) is 16.6 Å². The molecule has 0 bridgehead atoms. The average Bonchev–Trinajstić information content (AvgIpc) is 2.74. The van der Waals surface area contributed by atoms with Crippen LogP contribution in [0.15, 0.2) is 51.6 Å². The minimum atomic E-state index is -0.482. The van der Waals surface area contributed by atoms with Gasteiger partial charge in [0.1, 0.15) is 0 Å². The van der Waals surface area contributed by atoms with Gasteiger partial charge in [0.05, 0.1) is 0 Å². The van der Waals surface area contributed by atoms with Crippen molar-refractivity contribution < 1.29 is 33.8 Å². The van der Waals surface area contributed by atoms with Gasteiger partial charge >= 0.3 is 174 Å². The third-order valence-electron chi connectivity index (χ3n) is 4.34. The van der Waals surface area contributed by atoms with E-state index >= 15 is 0 Å². The molecule has 0 saturated carbocycles. The molecule has 1 N–H and O–H groups in total. The zero-order chi connectivity index (χ0) is 20.4. The van der Waals surface area contributed by atoms with E-state index in [2.05, 4.69) is 25.3 Å². The van der Waals surface area contributed by atoms with Crippen LogP contribution < -0.4 is 31.7 Å². The molecule has 0 radical (unpaired) electrons. The zero-order valence-electron chi connectivity index (χ0n) is 16.0. The summed E-state index contributed by atoms with van der Waals surface area (Å²) < 4.78 is 26.3. The monoisotopic (exact) mass is 506 g/mol. The molecular weight excluding hydrogens is 488 g/mol. The van der Waals surface area contributed by atoms with Gasteiger partial charge in [-0.25, -0.2) is 4.39 Å². The summed E-state index contributed by atoms with van der Waals surface area (Å²) in [6.07, 6.45) is 2.69. The van der Waals surface area contributed by atoms with E-state index in [1.807, 2.05) is 30.1 Å². The van der Waals surface area contributed by atoms with Crippen molar-refractivity contribution in [3.8, 4) is 17.0 Å². The molecule has 7 nitrogen and oxygen atoms in total. The topological polar surface area (TPSA) is 81.5 Å². The van der Waals surface area contributed by atoms with E-state index in [0.29, 0.717) is 28.7 Å². The summed E-state index contributed by atoms with van der Waals surface area (Å²) in [5.41, 5.74) is 3.02. The van der Waals surface area contributed by atoms with Crippen molar-refractivity contribution in [2.45, 2.75) is 19.9 Å². The van der Waals surface area contributed by atoms with Crippen LogP contribution in [0.1, 0.15) is 13.8 Å². The van der Waals surface area contributed by atoms with Crippen molar-refractivity contribution in [2.75, 3.05) is 12.4 Å². The minimum absolute atomic E-state index is 0.0646. The Bertz CT molecular complexity index is 1120. The molecule has 4 rings (SSSR count). The van der Waals surface area contributed by atoms with Crippen LogP contribution in [0.25, 0.3) is 22.2 Å². The molecule has 1 aromatic carbocycles. The van der Waals surface area contributed by atoms with Crippen LogP contribution in [0.3, 0.4) is 0 Å². The second kappa shape index (κ2) is 8.27. The molecule has 9 heteroatoms. The summed E-state index contributed by atoms with van der Waals surface area (Å²) in [6.45, 7) is 3.88. The summed E-state index contributed by atoms with van der Waals surface area (Å²) >= 11 is -0.482. The van der Waals surface area contributed by atoms with Gasteiger partial charge < -0.3 is 0 Å². The first-order valence-electron chi connectivity index (χ1n) is 8.82. The van der Waals surface area contributed by atoms with E-state index < -0.39 is 21.6 Å². The summed E-state index contributed by atoms with van der Waals surface area (Å²) in [7, 11) is 1.59. The maximum absolute atomic E-state index is 13.3. The number of fused-ring (bicyclic) bond motifs is 1. The van der Waals surface area contributed by atoms with Crippen LogP contribution in [0, 0.1) is 5.82 Å². The molecule has 3 heterocycles. The quantitative estimate of drug-likeness (QED) is 0.519. The van der Waals surface area contributed by atoms with Gasteiger partial charge in [0.25, 0.3) is 0 Å². The number of ether oxygens (including phenoxy) is 1. The summed E-state index contributed by atoms with van der Waals surface area (Å²) in [5.74, 6) is 1.54. The van der Waals surface area contributed by atoms with Crippen LogP contribution in [0.2, 0.25) is 0 Å². The molecule has 0 amide bonds. The normalized spacial score (nSPS) is 14.9. The van der Waals surface area contributed by atoms with Gasteiger partial charge in [-0.2, -0.15) is 0 Å². The average molecular weight is 506 g/mol. The first-order valence-corrected chi connectivity index (χ1v) is 10.9. The van der Waals surface area contributed by atoms with Crippen LogP contribution in [0.4, 0.5) is 10.2 Å². The van der Waals surface area contributed by atoms with Crippen LogP contribution in [0.5, 0.6) is 5.75 Å². The molecule has 3 aromatic rings. The number of halogens is 2. The molecule has 0 saturated heterocycles. The number of aliphatic imine (C=N–C) groups is 1. The van der Waals surface area contributed by atoms with Crippen molar-refractivity contribution in [1.29, 1.82) is 0 Å². The number of benzene rings is 1. The molecule has 1 atom stereocenters. The van der Waals surface area contributed by atoms with Gasteiger partial charge in [0.2, 0.25) is 0 Å². The number of methoxy groups -OCH3 is 1.